The topological polar surface area (TPSA) is 26.9 Å². The molecule has 1 unspecified atom stereocenters. The molecule has 3 nitrogen and oxygen atoms in total. The van der Waals surface area contributed by atoms with Gasteiger partial charge < -0.3 is 0 Å². The molecule has 0 saturated carbocycles. The van der Waals surface area contributed by atoms with Gasteiger partial charge in [0, 0.05) is 14.1 Å². The van der Waals surface area contributed by atoms with Crippen molar-refractivity contribution < 1.29 is 0 Å². The van der Waals surface area contributed by atoms with Gasteiger partial charge in [-0.2, -0.15) is 0 Å². The van der Waals surface area contributed by atoms with Crippen molar-refractivity contribution in [1.82, 2.24) is 9.36 Å². The van der Waals surface area contributed by atoms with E-state index in [1.54, 1.807) is 11.7 Å². The second-order valence-electron chi connectivity index (χ2n) is 4.44. The van der Waals surface area contributed by atoms with Crippen LogP contribution >= 0.6 is 0 Å². The number of hydrogen-bond acceptors (Lipinski definition) is 1. The Kier molecular flexibility index (Phi) is 2.62. The Bertz CT molecular complexity index is 577. The molecule has 1 atom stereocenters. The van der Waals surface area contributed by atoms with Crippen LogP contribution in [-0.2, 0) is 14.1 Å². The van der Waals surface area contributed by atoms with Gasteiger partial charge >= 0.3 is 0 Å². The van der Waals surface area contributed by atoms with Crippen LogP contribution in [0.25, 0.3) is 10.9 Å². The third-order valence-corrected chi connectivity index (χ3v) is 3.53. The predicted molar refractivity (Wildman–Crippen MR) is 66.9 cm³/mol. The molecule has 0 N–H and O–H groups in total. The molecule has 0 fully saturated rings. The molecule has 16 heavy (non-hydrogen) atoms. The maximum atomic E-state index is 11.8. The van der Waals surface area contributed by atoms with Crippen molar-refractivity contribution >= 4 is 10.9 Å². The van der Waals surface area contributed by atoms with Crippen LogP contribution in [0.2, 0.25) is 0 Å². The minimum Gasteiger partial charge on any atom is -0.285 e. The number of aryl methyl sites for hydroxylation is 1. The maximum Gasteiger partial charge on any atom is 0.274 e. The quantitative estimate of drug-likeness (QED) is 0.760. The maximum absolute atomic E-state index is 11.8. The molecule has 0 aliphatic carbocycles. The number of aromatic nitrogens is 2. The number of fused-ring (bicyclic) bond motifs is 1. The lowest BCUT2D eigenvalue weighted by Crippen LogP contribution is -2.16. The molecule has 2 aromatic rings. The minimum absolute atomic E-state index is 0.0770. The first-order chi connectivity index (χ1) is 7.56. The largest absolute Gasteiger partial charge is 0.285 e. The highest BCUT2D eigenvalue weighted by atomic mass is 16.1. The fourth-order valence-corrected chi connectivity index (χ4v) is 2.01. The first kappa shape index (κ1) is 11.0. The van der Waals surface area contributed by atoms with Crippen molar-refractivity contribution in [3.8, 4) is 0 Å². The van der Waals surface area contributed by atoms with Crippen LogP contribution in [0.3, 0.4) is 0 Å². The van der Waals surface area contributed by atoms with Gasteiger partial charge in [0.05, 0.1) is 10.9 Å². The van der Waals surface area contributed by atoms with Gasteiger partial charge in [-0.1, -0.05) is 19.9 Å². The summed E-state index contributed by atoms with van der Waals surface area (Å²) in [4.78, 5) is 11.8. The second-order valence-corrected chi connectivity index (χ2v) is 4.44. The molecular formula is C13H18N2O. The van der Waals surface area contributed by atoms with E-state index >= 15 is 0 Å². The fraction of sp³-hybridized carbons (Fsp3) is 0.462. The average molecular weight is 218 g/mol. The average Bonchev–Trinajstić information content (AvgIpc) is 2.53. The van der Waals surface area contributed by atoms with E-state index in [2.05, 4.69) is 26.0 Å². The Morgan fingerprint density at radius 3 is 2.56 bits per heavy atom. The summed E-state index contributed by atoms with van der Waals surface area (Å²) in [5.41, 5.74) is 2.40. The first-order valence-corrected chi connectivity index (χ1v) is 5.72. The summed E-state index contributed by atoms with van der Waals surface area (Å²) in [6.45, 7) is 4.39. The zero-order valence-corrected chi connectivity index (χ0v) is 10.3. The van der Waals surface area contributed by atoms with E-state index in [4.69, 9.17) is 0 Å². The number of rotatable bonds is 2. The lowest BCUT2D eigenvalue weighted by molar-refractivity contribution is 0.595. The molecule has 0 saturated heterocycles. The number of nitrogens with zero attached hydrogens (tertiary/aromatic N) is 2. The molecule has 0 aliphatic heterocycles. The van der Waals surface area contributed by atoms with Crippen molar-refractivity contribution in [2.45, 2.75) is 26.2 Å². The van der Waals surface area contributed by atoms with Gasteiger partial charge in [0.2, 0.25) is 0 Å². The summed E-state index contributed by atoms with van der Waals surface area (Å²) in [6.07, 6.45) is 1.12. The van der Waals surface area contributed by atoms with Crippen molar-refractivity contribution in [2.24, 2.45) is 14.1 Å². The standard InChI is InChI=1S/C13H18N2O/c1-5-9(2)10-6-7-11-12(8-10)14(3)15(4)13(11)16/h6-9H,5H2,1-4H3. The Balaban J connectivity index is 2.71. The van der Waals surface area contributed by atoms with E-state index in [-0.39, 0.29) is 5.56 Å². The third-order valence-electron chi connectivity index (χ3n) is 3.53. The van der Waals surface area contributed by atoms with Crippen LogP contribution in [0.5, 0.6) is 0 Å². The molecular weight excluding hydrogens is 200 g/mol. The van der Waals surface area contributed by atoms with E-state index in [1.165, 1.54) is 5.56 Å². The summed E-state index contributed by atoms with van der Waals surface area (Å²) in [7, 11) is 3.72. The monoisotopic (exact) mass is 218 g/mol. The zero-order chi connectivity index (χ0) is 11.9. The van der Waals surface area contributed by atoms with Crippen molar-refractivity contribution in [1.29, 1.82) is 0 Å². The number of hydrogen-bond donors (Lipinski definition) is 0. The molecule has 0 spiro atoms. The summed E-state index contributed by atoms with van der Waals surface area (Å²) in [6, 6.07) is 6.14. The second kappa shape index (κ2) is 3.81. The van der Waals surface area contributed by atoms with Gasteiger partial charge in [0.25, 0.3) is 5.56 Å². The number of benzene rings is 1. The van der Waals surface area contributed by atoms with E-state index in [1.807, 2.05) is 17.8 Å². The molecule has 86 valence electrons. The third kappa shape index (κ3) is 1.47. The van der Waals surface area contributed by atoms with Gasteiger partial charge in [-0.3, -0.25) is 14.2 Å². The Morgan fingerprint density at radius 2 is 1.94 bits per heavy atom. The summed E-state index contributed by atoms with van der Waals surface area (Å²) in [5, 5.41) is 0.803. The molecule has 0 aliphatic rings. The van der Waals surface area contributed by atoms with E-state index < -0.39 is 0 Å². The van der Waals surface area contributed by atoms with Gasteiger partial charge in [-0.05, 0) is 30.0 Å². The van der Waals surface area contributed by atoms with Crippen LogP contribution in [0.4, 0.5) is 0 Å². The van der Waals surface area contributed by atoms with E-state index in [9.17, 15) is 4.79 Å². The molecule has 2 rings (SSSR count). The normalized spacial score (nSPS) is 13.2. The van der Waals surface area contributed by atoms with Crippen LogP contribution < -0.4 is 5.56 Å². The fourth-order valence-electron chi connectivity index (χ4n) is 2.01. The zero-order valence-electron chi connectivity index (χ0n) is 10.3. The van der Waals surface area contributed by atoms with Gasteiger partial charge in [-0.15, -0.1) is 0 Å². The molecule has 1 heterocycles. The van der Waals surface area contributed by atoms with Gasteiger partial charge in [0.1, 0.15) is 0 Å². The van der Waals surface area contributed by atoms with Crippen LogP contribution in [0.15, 0.2) is 23.0 Å². The van der Waals surface area contributed by atoms with Crippen molar-refractivity contribution in [3.05, 3.63) is 34.1 Å². The lowest BCUT2D eigenvalue weighted by atomic mass is 9.98. The van der Waals surface area contributed by atoms with Gasteiger partial charge in [0.15, 0.2) is 0 Å². The SMILES string of the molecule is CCC(C)c1ccc2c(=O)n(C)n(C)c2c1. The Hall–Kier alpha value is -1.51. The van der Waals surface area contributed by atoms with Gasteiger partial charge in [-0.25, -0.2) is 0 Å². The Labute approximate surface area is 95.3 Å². The predicted octanol–water partition coefficient (Wildman–Crippen LogP) is 2.39. The van der Waals surface area contributed by atoms with Crippen molar-refractivity contribution in [3.63, 3.8) is 0 Å². The highest BCUT2D eigenvalue weighted by molar-refractivity contribution is 5.79. The molecule has 0 radical (unpaired) electrons. The summed E-state index contributed by atoms with van der Waals surface area (Å²) >= 11 is 0. The van der Waals surface area contributed by atoms with Crippen LogP contribution in [-0.4, -0.2) is 9.36 Å². The van der Waals surface area contributed by atoms with E-state index in [0.29, 0.717) is 5.92 Å². The molecule has 0 amide bonds. The molecule has 0 bridgehead atoms. The molecule has 1 aromatic carbocycles. The van der Waals surface area contributed by atoms with Crippen LogP contribution in [0.1, 0.15) is 31.7 Å². The van der Waals surface area contributed by atoms with E-state index in [0.717, 1.165) is 17.3 Å². The van der Waals surface area contributed by atoms with Crippen LogP contribution in [0, 0.1) is 0 Å². The lowest BCUT2D eigenvalue weighted by Gasteiger charge is -2.09. The first-order valence-electron chi connectivity index (χ1n) is 5.72. The highest BCUT2D eigenvalue weighted by Gasteiger charge is 2.10. The molecule has 3 heteroatoms. The Morgan fingerprint density at radius 1 is 1.25 bits per heavy atom. The highest BCUT2D eigenvalue weighted by Crippen LogP contribution is 2.22. The van der Waals surface area contributed by atoms with Crippen molar-refractivity contribution in [2.75, 3.05) is 0 Å². The summed E-state index contributed by atoms with van der Waals surface area (Å²) in [5.74, 6) is 0.541. The minimum atomic E-state index is 0.0770. The smallest absolute Gasteiger partial charge is 0.274 e. The molecule has 1 aromatic heterocycles. The summed E-state index contributed by atoms with van der Waals surface area (Å²) < 4.78 is 3.55.